The van der Waals surface area contributed by atoms with E-state index in [4.69, 9.17) is 0 Å². The Bertz CT molecular complexity index is 734. The Morgan fingerprint density at radius 2 is 2.05 bits per heavy atom. The van der Waals surface area contributed by atoms with Crippen LogP contribution < -0.4 is 5.32 Å². The number of hydrogen-bond donors (Lipinski definition) is 1. The Labute approximate surface area is 126 Å². The van der Waals surface area contributed by atoms with Gasteiger partial charge in [-0.15, -0.1) is 16.4 Å². The molecule has 106 valence electrons. The molecule has 0 bridgehead atoms. The van der Waals surface area contributed by atoms with Crippen molar-refractivity contribution in [2.75, 3.05) is 5.32 Å². The highest BCUT2D eigenvalue weighted by atomic mass is 32.1. The number of carbonyl (C=O) groups is 1. The van der Waals surface area contributed by atoms with Crippen molar-refractivity contribution in [3.05, 3.63) is 53.4 Å². The predicted octanol–water partition coefficient (Wildman–Crippen LogP) is 3.28. The van der Waals surface area contributed by atoms with E-state index in [9.17, 15) is 4.79 Å². The third-order valence-electron chi connectivity index (χ3n) is 2.94. The molecule has 0 amide bonds. The lowest BCUT2D eigenvalue weighted by atomic mass is 10.2. The molecule has 0 radical (unpaired) electrons. The molecule has 3 rings (SSSR count). The number of rotatable bonds is 4. The van der Waals surface area contributed by atoms with Crippen LogP contribution in [0.15, 0.2) is 47.8 Å². The Balaban J connectivity index is 1.85. The summed E-state index contributed by atoms with van der Waals surface area (Å²) < 4.78 is 1.30. The molecule has 2 heterocycles. The fourth-order valence-electron chi connectivity index (χ4n) is 1.93. The first kappa shape index (κ1) is 13.5. The molecule has 0 saturated carbocycles. The fourth-order valence-corrected chi connectivity index (χ4v) is 2.59. The summed E-state index contributed by atoms with van der Waals surface area (Å²) in [6.07, 6.45) is 0. The lowest BCUT2D eigenvalue weighted by Gasteiger charge is -2.05. The van der Waals surface area contributed by atoms with Gasteiger partial charge in [0.2, 0.25) is 11.9 Å². The number of aromatic nitrogens is 3. The molecule has 1 N–H and O–H groups in total. The number of anilines is 1. The first-order valence-corrected chi connectivity index (χ1v) is 7.41. The number of nitrogens with one attached hydrogen (secondary N) is 1. The van der Waals surface area contributed by atoms with Crippen molar-refractivity contribution in [2.24, 2.45) is 0 Å². The summed E-state index contributed by atoms with van der Waals surface area (Å²) >= 11 is 1.55. The van der Waals surface area contributed by atoms with Crippen LogP contribution in [0.4, 0.5) is 5.95 Å². The van der Waals surface area contributed by atoms with Gasteiger partial charge in [0, 0.05) is 13.5 Å². The van der Waals surface area contributed by atoms with Gasteiger partial charge in [0.05, 0.1) is 4.88 Å². The van der Waals surface area contributed by atoms with Crippen molar-refractivity contribution < 1.29 is 4.79 Å². The van der Waals surface area contributed by atoms with E-state index >= 15 is 0 Å². The fraction of sp³-hybridized carbons (Fsp3) is 0.133. The minimum Gasteiger partial charge on any atom is -0.350 e. The molecule has 0 aliphatic heterocycles. The van der Waals surface area contributed by atoms with E-state index in [2.05, 4.69) is 15.4 Å². The molecule has 0 spiro atoms. The zero-order valence-corrected chi connectivity index (χ0v) is 12.3. The van der Waals surface area contributed by atoms with Gasteiger partial charge < -0.3 is 5.32 Å². The van der Waals surface area contributed by atoms with Gasteiger partial charge in [-0.1, -0.05) is 36.4 Å². The summed E-state index contributed by atoms with van der Waals surface area (Å²) in [4.78, 5) is 17.0. The van der Waals surface area contributed by atoms with E-state index in [1.165, 1.54) is 11.6 Å². The van der Waals surface area contributed by atoms with E-state index in [1.807, 2.05) is 47.8 Å². The molecule has 2 aromatic heterocycles. The summed E-state index contributed by atoms with van der Waals surface area (Å²) in [5.74, 6) is 0.867. The van der Waals surface area contributed by atoms with Crippen LogP contribution in [0.2, 0.25) is 0 Å². The van der Waals surface area contributed by atoms with E-state index in [1.54, 1.807) is 11.3 Å². The van der Waals surface area contributed by atoms with Gasteiger partial charge in [0.1, 0.15) is 0 Å². The zero-order chi connectivity index (χ0) is 14.7. The van der Waals surface area contributed by atoms with Crippen LogP contribution in [-0.4, -0.2) is 20.7 Å². The van der Waals surface area contributed by atoms with Crippen LogP contribution in [0.5, 0.6) is 0 Å². The van der Waals surface area contributed by atoms with Crippen molar-refractivity contribution in [1.82, 2.24) is 14.8 Å². The Hall–Kier alpha value is -2.47. The van der Waals surface area contributed by atoms with Crippen LogP contribution in [0, 0.1) is 0 Å². The first-order valence-electron chi connectivity index (χ1n) is 6.54. The van der Waals surface area contributed by atoms with Gasteiger partial charge in [-0.05, 0) is 17.0 Å². The molecule has 21 heavy (non-hydrogen) atoms. The normalized spacial score (nSPS) is 10.5. The standard InChI is InChI=1S/C15H14N4OS/c1-11(20)19-15(16-10-12-6-3-2-4-7-12)17-14(18-19)13-8-5-9-21-13/h2-9H,10H2,1H3,(H,16,17,18). The number of benzene rings is 1. The molecule has 0 fully saturated rings. The van der Waals surface area contributed by atoms with Crippen LogP contribution in [0.3, 0.4) is 0 Å². The maximum atomic E-state index is 11.7. The van der Waals surface area contributed by atoms with Gasteiger partial charge in [-0.25, -0.2) is 0 Å². The smallest absolute Gasteiger partial charge is 0.246 e. The second-order valence-electron chi connectivity index (χ2n) is 4.51. The molecule has 0 aliphatic carbocycles. The van der Waals surface area contributed by atoms with Crippen molar-refractivity contribution in [3.8, 4) is 10.7 Å². The highest BCUT2D eigenvalue weighted by Crippen LogP contribution is 2.23. The number of nitrogens with zero attached hydrogens (tertiary/aromatic N) is 3. The van der Waals surface area contributed by atoms with Gasteiger partial charge in [-0.3, -0.25) is 4.79 Å². The third kappa shape index (κ3) is 3.00. The van der Waals surface area contributed by atoms with Crippen LogP contribution in [-0.2, 0) is 6.54 Å². The summed E-state index contributed by atoms with van der Waals surface area (Å²) in [6.45, 7) is 2.07. The van der Waals surface area contributed by atoms with E-state index < -0.39 is 0 Å². The summed E-state index contributed by atoms with van der Waals surface area (Å²) in [7, 11) is 0. The van der Waals surface area contributed by atoms with Crippen LogP contribution in [0.25, 0.3) is 10.7 Å². The Kier molecular flexibility index (Phi) is 3.79. The van der Waals surface area contributed by atoms with Crippen LogP contribution in [0.1, 0.15) is 17.3 Å². The summed E-state index contributed by atoms with van der Waals surface area (Å²) in [6, 6.07) is 13.8. The van der Waals surface area contributed by atoms with Crippen molar-refractivity contribution >= 4 is 23.2 Å². The van der Waals surface area contributed by atoms with Crippen molar-refractivity contribution in [1.29, 1.82) is 0 Å². The van der Waals surface area contributed by atoms with Crippen molar-refractivity contribution in [3.63, 3.8) is 0 Å². The molecule has 0 atom stereocenters. The first-order chi connectivity index (χ1) is 10.2. The second kappa shape index (κ2) is 5.88. The molecule has 6 heteroatoms. The van der Waals surface area contributed by atoms with Crippen molar-refractivity contribution in [2.45, 2.75) is 13.5 Å². The molecule has 0 saturated heterocycles. The molecular formula is C15H14N4OS. The van der Waals surface area contributed by atoms with E-state index in [0.29, 0.717) is 18.3 Å². The number of thiophene rings is 1. The molecule has 5 nitrogen and oxygen atoms in total. The lowest BCUT2D eigenvalue weighted by molar-refractivity contribution is 0.0924. The zero-order valence-electron chi connectivity index (χ0n) is 11.5. The lowest BCUT2D eigenvalue weighted by Crippen LogP contribution is -2.13. The minimum atomic E-state index is -0.166. The van der Waals surface area contributed by atoms with E-state index in [-0.39, 0.29) is 5.91 Å². The summed E-state index contributed by atoms with van der Waals surface area (Å²) in [5.41, 5.74) is 1.12. The highest BCUT2D eigenvalue weighted by molar-refractivity contribution is 7.13. The van der Waals surface area contributed by atoms with Gasteiger partial charge in [0.25, 0.3) is 0 Å². The second-order valence-corrected chi connectivity index (χ2v) is 5.45. The average Bonchev–Trinajstić information content (AvgIpc) is 3.15. The maximum absolute atomic E-state index is 11.7. The minimum absolute atomic E-state index is 0.166. The largest absolute Gasteiger partial charge is 0.350 e. The quantitative estimate of drug-likeness (QED) is 0.803. The van der Waals surface area contributed by atoms with E-state index in [0.717, 1.165) is 10.4 Å². The predicted molar refractivity (Wildman–Crippen MR) is 83.4 cm³/mol. The number of hydrogen-bond acceptors (Lipinski definition) is 5. The Morgan fingerprint density at radius 3 is 2.71 bits per heavy atom. The van der Waals surface area contributed by atoms with Gasteiger partial charge in [0.15, 0.2) is 5.82 Å². The molecule has 0 aliphatic rings. The van der Waals surface area contributed by atoms with Gasteiger partial charge >= 0.3 is 0 Å². The number of carbonyl (C=O) groups excluding carboxylic acids is 1. The summed E-state index contributed by atoms with van der Waals surface area (Å²) in [5, 5.41) is 9.39. The van der Waals surface area contributed by atoms with Crippen LogP contribution >= 0.6 is 11.3 Å². The SMILES string of the molecule is CC(=O)n1nc(-c2cccs2)nc1NCc1ccccc1. The molecule has 0 unspecified atom stereocenters. The molecule has 3 aromatic rings. The molecule has 1 aromatic carbocycles. The molecular weight excluding hydrogens is 284 g/mol. The van der Waals surface area contributed by atoms with Gasteiger partial charge in [-0.2, -0.15) is 9.67 Å². The maximum Gasteiger partial charge on any atom is 0.246 e. The monoisotopic (exact) mass is 298 g/mol. The Morgan fingerprint density at radius 1 is 1.24 bits per heavy atom. The topological polar surface area (TPSA) is 59.8 Å². The average molecular weight is 298 g/mol. The third-order valence-corrected chi connectivity index (χ3v) is 3.81. The highest BCUT2D eigenvalue weighted by Gasteiger charge is 2.14.